The Morgan fingerprint density at radius 1 is 1.29 bits per heavy atom. The maximum atomic E-state index is 6.04. The van der Waals surface area contributed by atoms with Crippen molar-refractivity contribution in [3.63, 3.8) is 0 Å². The Balaban J connectivity index is 1.64. The molecule has 0 aliphatic carbocycles. The van der Waals surface area contributed by atoms with E-state index in [1.165, 1.54) is 6.39 Å². The van der Waals surface area contributed by atoms with Gasteiger partial charge in [-0.3, -0.25) is 4.90 Å². The van der Waals surface area contributed by atoms with Gasteiger partial charge in [0.25, 0.3) is 0 Å². The topological polar surface area (TPSA) is 77.2 Å². The van der Waals surface area contributed by atoms with Gasteiger partial charge in [-0.25, -0.2) is 9.97 Å². The highest BCUT2D eigenvalue weighted by Gasteiger charge is 2.21. The summed E-state index contributed by atoms with van der Waals surface area (Å²) in [6.45, 7) is 4.99. The number of ether oxygens (including phenoxy) is 1. The van der Waals surface area contributed by atoms with Crippen molar-refractivity contribution in [1.82, 2.24) is 25.1 Å². The van der Waals surface area contributed by atoms with E-state index in [-0.39, 0.29) is 0 Å². The highest BCUT2D eigenvalue weighted by atomic mass is 16.5. The van der Waals surface area contributed by atoms with Crippen LogP contribution in [0.1, 0.15) is 18.2 Å². The molecule has 0 bridgehead atoms. The molecule has 2 aromatic heterocycles. The van der Waals surface area contributed by atoms with Crippen LogP contribution in [0.2, 0.25) is 0 Å². The molecule has 1 aliphatic rings. The van der Waals surface area contributed by atoms with Crippen LogP contribution in [0.5, 0.6) is 11.6 Å². The van der Waals surface area contributed by atoms with Gasteiger partial charge >= 0.3 is 0 Å². The van der Waals surface area contributed by atoms with Gasteiger partial charge in [-0.15, -0.1) is 10.2 Å². The first-order chi connectivity index (χ1) is 11.8. The highest BCUT2D eigenvalue weighted by Crippen LogP contribution is 2.30. The lowest BCUT2D eigenvalue weighted by atomic mass is 10.1. The average Bonchev–Trinajstić information content (AvgIpc) is 3.17. The van der Waals surface area contributed by atoms with Crippen molar-refractivity contribution in [1.29, 1.82) is 0 Å². The quantitative estimate of drug-likeness (QED) is 0.730. The van der Waals surface area contributed by atoms with Crippen LogP contribution in [0.3, 0.4) is 0 Å². The maximum absolute atomic E-state index is 6.04. The van der Waals surface area contributed by atoms with Gasteiger partial charge in [0.1, 0.15) is 12.1 Å². The third-order valence-electron chi connectivity index (χ3n) is 4.14. The van der Waals surface area contributed by atoms with E-state index in [1.54, 1.807) is 6.33 Å². The Kier molecular flexibility index (Phi) is 3.92. The third-order valence-corrected chi connectivity index (χ3v) is 4.14. The molecule has 0 atom stereocenters. The molecule has 122 valence electrons. The van der Waals surface area contributed by atoms with E-state index < -0.39 is 0 Å². The summed E-state index contributed by atoms with van der Waals surface area (Å²) in [6, 6.07) is 7.53. The van der Waals surface area contributed by atoms with E-state index in [4.69, 9.17) is 9.15 Å². The number of fused-ring (bicyclic) bond motifs is 1. The van der Waals surface area contributed by atoms with E-state index >= 15 is 0 Å². The molecule has 0 amide bonds. The first-order valence-corrected chi connectivity index (χ1v) is 7.93. The molecule has 0 unspecified atom stereocenters. The van der Waals surface area contributed by atoms with Gasteiger partial charge in [-0.1, -0.05) is 13.0 Å². The molecular formula is C17H17N5O2. The minimum atomic E-state index is 0.460. The molecule has 3 heterocycles. The SMILES string of the molecule is CCN1CCc2ncnc(Oc3cccc(-c4nnco4)c3)c2C1. The lowest BCUT2D eigenvalue weighted by Crippen LogP contribution is -2.31. The molecule has 4 rings (SSSR count). The molecule has 0 saturated carbocycles. The number of hydrogen-bond donors (Lipinski definition) is 0. The van der Waals surface area contributed by atoms with Gasteiger partial charge in [0.15, 0.2) is 0 Å². The Morgan fingerprint density at radius 3 is 3.08 bits per heavy atom. The van der Waals surface area contributed by atoms with Gasteiger partial charge in [0.2, 0.25) is 18.2 Å². The normalized spacial score (nSPS) is 14.4. The molecule has 1 aromatic carbocycles. The van der Waals surface area contributed by atoms with E-state index in [9.17, 15) is 0 Å². The Labute approximate surface area is 139 Å². The summed E-state index contributed by atoms with van der Waals surface area (Å²) in [5.41, 5.74) is 2.94. The van der Waals surface area contributed by atoms with Crippen LogP contribution in [-0.2, 0) is 13.0 Å². The maximum Gasteiger partial charge on any atom is 0.247 e. The lowest BCUT2D eigenvalue weighted by molar-refractivity contribution is 0.259. The van der Waals surface area contributed by atoms with Crippen LogP contribution in [0, 0.1) is 0 Å². The summed E-state index contributed by atoms with van der Waals surface area (Å²) >= 11 is 0. The largest absolute Gasteiger partial charge is 0.439 e. The predicted molar refractivity (Wildman–Crippen MR) is 86.5 cm³/mol. The summed E-state index contributed by atoms with van der Waals surface area (Å²) < 4.78 is 11.3. The van der Waals surface area contributed by atoms with E-state index in [2.05, 4.69) is 32.0 Å². The van der Waals surface area contributed by atoms with Crippen LogP contribution in [0.15, 0.2) is 41.4 Å². The van der Waals surface area contributed by atoms with Crippen molar-refractivity contribution < 1.29 is 9.15 Å². The third kappa shape index (κ3) is 2.85. The second-order valence-electron chi connectivity index (χ2n) is 5.60. The number of aromatic nitrogens is 4. The van der Waals surface area contributed by atoms with Crippen molar-refractivity contribution in [2.75, 3.05) is 13.1 Å². The van der Waals surface area contributed by atoms with Crippen molar-refractivity contribution in [2.24, 2.45) is 0 Å². The highest BCUT2D eigenvalue weighted by molar-refractivity contribution is 5.55. The van der Waals surface area contributed by atoms with Crippen molar-refractivity contribution >= 4 is 0 Å². The summed E-state index contributed by atoms with van der Waals surface area (Å²) in [6.07, 6.45) is 3.80. The van der Waals surface area contributed by atoms with Crippen LogP contribution in [0.4, 0.5) is 0 Å². The smallest absolute Gasteiger partial charge is 0.247 e. The number of nitrogens with zero attached hydrogens (tertiary/aromatic N) is 5. The molecule has 0 radical (unpaired) electrons. The van der Waals surface area contributed by atoms with E-state index in [0.29, 0.717) is 17.5 Å². The van der Waals surface area contributed by atoms with Crippen molar-refractivity contribution in [2.45, 2.75) is 19.9 Å². The molecular weight excluding hydrogens is 306 g/mol. The van der Waals surface area contributed by atoms with Gasteiger partial charge in [-0.2, -0.15) is 0 Å². The summed E-state index contributed by atoms with van der Waals surface area (Å²) in [4.78, 5) is 11.1. The summed E-state index contributed by atoms with van der Waals surface area (Å²) in [5, 5.41) is 7.63. The van der Waals surface area contributed by atoms with Crippen LogP contribution < -0.4 is 4.74 Å². The fourth-order valence-electron chi connectivity index (χ4n) is 2.83. The predicted octanol–water partition coefficient (Wildman–Crippen LogP) is 2.70. The van der Waals surface area contributed by atoms with Crippen molar-refractivity contribution in [3.8, 4) is 23.1 Å². The fraction of sp³-hybridized carbons (Fsp3) is 0.294. The standard InChI is InChI=1S/C17H17N5O2/c1-2-22-7-6-15-14(9-22)17(19-10-18-15)24-13-5-3-4-12(8-13)16-21-20-11-23-16/h3-5,8,10-11H,2,6-7,9H2,1H3. The summed E-state index contributed by atoms with van der Waals surface area (Å²) in [5.74, 6) is 1.75. The zero-order chi connectivity index (χ0) is 16.4. The molecule has 0 spiro atoms. The molecule has 3 aromatic rings. The Hall–Kier alpha value is -2.80. The van der Waals surface area contributed by atoms with Crippen molar-refractivity contribution in [3.05, 3.63) is 48.2 Å². The van der Waals surface area contributed by atoms with Crippen LogP contribution in [0.25, 0.3) is 11.5 Å². The van der Waals surface area contributed by atoms with Gasteiger partial charge in [0, 0.05) is 25.1 Å². The first-order valence-electron chi connectivity index (χ1n) is 7.93. The zero-order valence-corrected chi connectivity index (χ0v) is 13.3. The fourth-order valence-corrected chi connectivity index (χ4v) is 2.83. The Morgan fingerprint density at radius 2 is 2.25 bits per heavy atom. The first kappa shape index (κ1) is 14.8. The Bertz CT molecular complexity index is 835. The zero-order valence-electron chi connectivity index (χ0n) is 13.3. The minimum Gasteiger partial charge on any atom is -0.439 e. The molecule has 0 N–H and O–H groups in total. The molecule has 1 aliphatic heterocycles. The second-order valence-corrected chi connectivity index (χ2v) is 5.60. The number of hydrogen-bond acceptors (Lipinski definition) is 7. The second kappa shape index (κ2) is 6.37. The van der Waals surface area contributed by atoms with E-state index in [1.807, 2.05) is 24.3 Å². The van der Waals surface area contributed by atoms with Crippen LogP contribution in [-0.4, -0.2) is 38.2 Å². The number of benzene rings is 1. The van der Waals surface area contributed by atoms with Gasteiger partial charge in [-0.05, 0) is 24.7 Å². The molecule has 0 saturated heterocycles. The molecule has 24 heavy (non-hydrogen) atoms. The number of rotatable bonds is 4. The minimum absolute atomic E-state index is 0.460. The number of likely N-dealkylation sites (N-methyl/N-ethyl adjacent to an activating group) is 1. The molecule has 7 nitrogen and oxygen atoms in total. The summed E-state index contributed by atoms with van der Waals surface area (Å²) in [7, 11) is 0. The van der Waals surface area contributed by atoms with E-state index in [0.717, 1.165) is 42.9 Å². The van der Waals surface area contributed by atoms with Gasteiger partial charge in [0.05, 0.1) is 11.3 Å². The molecule has 0 fully saturated rings. The van der Waals surface area contributed by atoms with Crippen LogP contribution >= 0.6 is 0 Å². The monoisotopic (exact) mass is 323 g/mol. The average molecular weight is 323 g/mol. The molecule has 7 heteroatoms. The lowest BCUT2D eigenvalue weighted by Gasteiger charge is -2.27. The van der Waals surface area contributed by atoms with Gasteiger partial charge < -0.3 is 9.15 Å².